The molecule has 0 aliphatic carbocycles. The molecule has 1 aromatic heterocycles. The van der Waals surface area contributed by atoms with Gasteiger partial charge in [0.2, 0.25) is 5.85 Å². The molecular weight excluding hydrogens is 377 g/mol. The third-order valence-corrected chi connectivity index (χ3v) is 5.06. The van der Waals surface area contributed by atoms with Gasteiger partial charge in [-0.05, 0) is 6.42 Å². The summed E-state index contributed by atoms with van der Waals surface area (Å²) in [6.07, 6.45) is -0.393. The summed E-state index contributed by atoms with van der Waals surface area (Å²) in [4.78, 5) is 50.5. The zero-order valence-corrected chi connectivity index (χ0v) is 13.6. The molecule has 2 heterocycles. The average molecular weight is 390 g/mol. The van der Waals surface area contributed by atoms with Gasteiger partial charge in [-0.15, -0.1) is 0 Å². The molecule has 12 nitrogen and oxygen atoms in total. The molecule has 1 fully saturated rings. The molecule has 1 aromatic rings. The van der Waals surface area contributed by atoms with Crippen molar-refractivity contribution in [3.8, 4) is 0 Å². The molecule has 136 valence electrons. The largest absolute Gasteiger partial charge is 0.481 e. The lowest BCUT2D eigenvalue weighted by Crippen LogP contribution is -2.34. The fourth-order valence-corrected chi connectivity index (χ4v) is 3.61. The highest BCUT2D eigenvalue weighted by Gasteiger charge is 2.45. The van der Waals surface area contributed by atoms with Gasteiger partial charge >= 0.3 is 21.3 Å². The molecule has 0 amide bonds. The van der Waals surface area contributed by atoms with Crippen molar-refractivity contribution < 1.29 is 41.8 Å². The number of alkyl halides is 1. The van der Waals surface area contributed by atoms with Crippen molar-refractivity contribution in [2.24, 2.45) is 0 Å². The number of halogens is 1. The number of phosphoric ester groups is 1. The number of hydrogen-bond donors (Lipinski definition) is 4. The molecule has 1 saturated heterocycles. The predicted octanol–water partition coefficient (Wildman–Crippen LogP) is -0.262. The SMILES string of the molecule is O=c1ccn([C@H]2CC[C@@](F)(COP(=O)(O)OP(=O)(O)O)O2)c(=O)[nH]1. The minimum atomic E-state index is -5.32. The van der Waals surface area contributed by atoms with E-state index in [0.717, 1.165) is 16.8 Å². The summed E-state index contributed by atoms with van der Waals surface area (Å²) in [7, 11) is -10.5. The summed E-state index contributed by atoms with van der Waals surface area (Å²) in [5, 5.41) is 0. The van der Waals surface area contributed by atoms with Gasteiger partial charge in [-0.1, -0.05) is 0 Å². The van der Waals surface area contributed by atoms with Crippen molar-refractivity contribution in [1.82, 2.24) is 9.55 Å². The summed E-state index contributed by atoms with van der Waals surface area (Å²) in [6, 6.07) is 1.02. The number of nitrogens with one attached hydrogen (secondary N) is 1. The van der Waals surface area contributed by atoms with Crippen LogP contribution in [-0.2, 0) is 22.7 Å². The number of aromatic amines is 1. The molecule has 0 bridgehead atoms. The van der Waals surface area contributed by atoms with Gasteiger partial charge in [0.25, 0.3) is 5.56 Å². The zero-order valence-electron chi connectivity index (χ0n) is 11.8. The Morgan fingerprint density at radius 1 is 1.42 bits per heavy atom. The van der Waals surface area contributed by atoms with Crippen LogP contribution in [0.5, 0.6) is 0 Å². The van der Waals surface area contributed by atoms with Crippen molar-refractivity contribution in [3.63, 3.8) is 0 Å². The predicted molar refractivity (Wildman–Crippen MR) is 73.4 cm³/mol. The molecule has 0 aromatic carbocycles. The molecule has 0 saturated carbocycles. The smallest absolute Gasteiger partial charge is 0.320 e. The van der Waals surface area contributed by atoms with Gasteiger partial charge in [-0.25, -0.2) is 18.3 Å². The van der Waals surface area contributed by atoms with Crippen LogP contribution in [0, 0.1) is 0 Å². The number of H-pyrrole nitrogens is 1. The molecule has 0 spiro atoms. The lowest BCUT2D eigenvalue weighted by Gasteiger charge is -2.22. The quantitative estimate of drug-likeness (QED) is 0.473. The van der Waals surface area contributed by atoms with Crippen LogP contribution in [0.25, 0.3) is 0 Å². The standard InChI is InChI=1S/C9H13FN2O10P2/c10-9(5-20-24(18,19)22-23(15,16)17)3-1-7(21-9)12-4-2-6(13)11-8(12)14/h2,4,7H,1,3,5H2,(H,18,19)(H,11,13,14)(H2,15,16,17)/t7-,9+/m1/s1. The van der Waals surface area contributed by atoms with Crippen molar-refractivity contribution in [3.05, 3.63) is 33.1 Å². The molecule has 0 radical (unpaired) electrons. The second kappa shape index (κ2) is 6.62. The highest BCUT2D eigenvalue weighted by molar-refractivity contribution is 7.60. The molecule has 1 aliphatic rings. The summed E-state index contributed by atoms with van der Waals surface area (Å²) < 4.78 is 49.7. The van der Waals surface area contributed by atoms with E-state index in [-0.39, 0.29) is 12.8 Å². The van der Waals surface area contributed by atoms with E-state index in [4.69, 9.17) is 19.4 Å². The van der Waals surface area contributed by atoms with Crippen LogP contribution in [0.3, 0.4) is 0 Å². The summed E-state index contributed by atoms with van der Waals surface area (Å²) in [5.41, 5.74) is -1.49. The first-order valence-corrected chi connectivity index (χ1v) is 9.34. The van der Waals surface area contributed by atoms with Gasteiger partial charge in [0.05, 0.1) is 0 Å². The average Bonchev–Trinajstić information content (AvgIpc) is 2.77. The second-order valence-electron chi connectivity index (χ2n) is 4.83. The Morgan fingerprint density at radius 2 is 2.08 bits per heavy atom. The molecule has 3 atom stereocenters. The van der Waals surface area contributed by atoms with E-state index in [9.17, 15) is 23.1 Å². The topological polar surface area (TPSA) is 177 Å². The van der Waals surface area contributed by atoms with Crippen molar-refractivity contribution in [1.29, 1.82) is 0 Å². The number of nitrogens with zero attached hydrogens (tertiary/aromatic N) is 1. The molecule has 15 heteroatoms. The van der Waals surface area contributed by atoms with Gasteiger partial charge in [0.1, 0.15) is 12.8 Å². The molecule has 24 heavy (non-hydrogen) atoms. The van der Waals surface area contributed by atoms with E-state index >= 15 is 0 Å². The van der Waals surface area contributed by atoms with E-state index in [1.165, 1.54) is 0 Å². The van der Waals surface area contributed by atoms with Gasteiger partial charge in [-0.3, -0.25) is 18.9 Å². The van der Waals surface area contributed by atoms with E-state index < -0.39 is 45.6 Å². The summed E-state index contributed by atoms with van der Waals surface area (Å²) in [5.74, 6) is -2.60. The molecule has 1 unspecified atom stereocenters. The Bertz CT molecular complexity index is 817. The fourth-order valence-electron chi connectivity index (χ4n) is 1.99. The van der Waals surface area contributed by atoms with Crippen LogP contribution in [0.1, 0.15) is 19.1 Å². The third-order valence-electron chi connectivity index (χ3n) is 2.93. The Balaban J connectivity index is 2.03. The van der Waals surface area contributed by atoms with Crippen molar-refractivity contribution in [2.45, 2.75) is 24.9 Å². The van der Waals surface area contributed by atoms with Crippen molar-refractivity contribution >= 4 is 15.6 Å². The minimum Gasteiger partial charge on any atom is -0.320 e. The Morgan fingerprint density at radius 3 is 2.67 bits per heavy atom. The number of aromatic nitrogens is 2. The van der Waals surface area contributed by atoms with Gasteiger partial charge in [0, 0.05) is 18.7 Å². The van der Waals surface area contributed by atoms with Crippen LogP contribution in [0.4, 0.5) is 4.39 Å². The highest BCUT2D eigenvalue weighted by Crippen LogP contribution is 2.58. The van der Waals surface area contributed by atoms with E-state index in [2.05, 4.69) is 8.83 Å². The normalized spacial score (nSPS) is 27.1. The van der Waals surface area contributed by atoms with Crippen LogP contribution < -0.4 is 11.2 Å². The second-order valence-corrected chi connectivity index (χ2v) is 7.66. The highest BCUT2D eigenvalue weighted by atomic mass is 31.3. The number of rotatable bonds is 6. The van der Waals surface area contributed by atoms with E-state index in [1.807, 2.05) is 4.98 Å². The first-order chi connectivity index (χ1) is 10.9. The Kier molecular flexibility index (Phi) is 5.28. The molecule has 2 rings (SSSR count). The lowest BCUT2D eigenvalue weighted by molar-refractivity contribution is -0.175. The summed E-state index contributed by atoms with van der Waals surface area (Å²) in [6.45, 7) is -1.17. The van der Waals surface area contributed by atoms with Crippen LogP contribution in [-0.4, -0.2) is 36.7 Å². The van der Waals surface area contributed by atoms with Crippen LogP contribution in [0.15, 0.2) is 21.9 Å². The first kappa shape index (κ1) is 19.2. The zero-order chi connectivity index (χ0) is 18.2. The fraction of sp³-hybridized carbons (Fsp3) is 0.556. The van der Waals surface area contributed by atoms with E-state index in [1.54, 1.807) is 0 Å². The minimum absolute atomic E-state index is 0.0269. The maximum atomic E-state index is 14.4. The monoisotopic (exact) mass is 390 g/mol. The van der Waals surface area contributed by atoms with Crippen LogP contribution >= 0.6 is 15.6 Å². The lowest BCUT2D eigenvalue weighted by atomic mass is 10.2. The van der Waals surface area contributed by atoms with Gasteiger partial charge in [-0.2, -0.15) is 4.31 Å². The molecule has 1 aliphatic heterocycles. The van der Waals surface area contributed by atoms with E-state index in [0.29, 0.717) is 0 Å². The van der Waals surface area contributed by atoms with Crippen molar-refractivity contribution in [2.75, 3.05) is 6.61 Å². The van der Waals surface area contributed by atoms with Gasteiger partial charge in [0.15, 0.2) is 0 Å². The Hall–Kier alpha value is -1.17. The summed E-state index contributed by atoms with van der Waals surface area (Å²) >= 11 is 0. The molecule has 4 N–H and O–H groups in total. The third kappa shape index (κ3) is 5.16. The Labute approximate surface area is 132 Å². The first-order valence-electron chi connectivity index (χ1n) is 6.32. The maximum Gasteiger partial charge on any atom is 0.481 e. The van der Waals surface area contributed by atoms with Gasteiger partial charge < -0.3 is 19.4 Å². The number of phosphoric acid groups is 2. The number of ether oxygens (including phenoxy) is 1. The number of hydrogen-bond acceptors (Lipinski definition) is 7. The maximum absolute atomic E-state index is 14.4. The van der Waals surface area contributed by atoms with Crippen LogP contribution in [0.2, 0.25) is 0 Å². The molecular formula is C9H13FN2O10P2.